The third kappa shape index (κ3) is 4.63. The summed E-state index contributed by atoms with van der Waals surface area (Å²) in [6, 6.07) is 16.2. The third-order valence-corrected chi connectivity index (χ3v) is 3.05. The lowest BCUT2D eigenvalue weighted by Crippen LogP contribution is -2.43. The topological polar surface area (TPSA) is 67.4 Å². The standard InChI is InChI=1S/C17H18N2O3/c1-2-13-8-10-14(11-9-13)17(21)19-18-16(20)12-22-15-6-4-3-5-7-15/h3-11H,2,12H2,1H3,(H,18,20)(H,19,21). The van der Waals surface area contributed by atoms with Crippen molar-refractivity contribution in [3.63, 3.8) is 0 Å². The number of carbonyl (C=O) groups excluding carboxylic acids is 2. The fraction of sp³-hybridized carbons (Fsp3) is 0.176. The van der Waals surface area contributed by atoms with Gasteiger partial charge in [0.2, 0.25) is 0 Å². The van der Waals surface area contributed by atoms with Gasteiger partial charge in [0, 0.05) is 5.56 Å². The number of ether oxygens (including phenoxy) is 1. The molecular weight excluding hydrogens is 280 g/mol. The molecule has 2 aromatic rings. The zero-order valence-electron chi connectivity index (χ0n) is 12.3. The van der Waals surface area contributed by atoms with Crippen LogP contribution in [0.1, 0.15) is 22.8 Å². The van der Waals surface area contributed by atoms with E-state index in [9.17, 15) is 9.59 Å². The van der Waals surface area contributed by atoms with E-state index in [2.05, 4.69) is 10.9 Å². The van der Waals surface area contributed by atoms with E-state index in [1.165, 1.54) is 0 Å². The van der Waals surface area contributed by atoms with Gasteiger partial charge < -0.3 is 4.74 Å². The van der Waals surface area contributed by atoms with Crippen molar-refractivity contribution in [2.45, 2.75) is 13.3 Å². The molecule has 0 heterocycles. The average Bonchev–Trinajstić information content (AvgIpc) is 2.58. The maximum absolute atomic E-state index is 11.9. The molecule has 0 radical (unpaired) electrons. The highest BCUT2D eigenvalue weighted by Crippen LogP contribution is 2.07. The minimum absolute atomic E-state index is 0.168. The van der Waals surface area contributed by atoms with Gasteiger partial charge in [0.1, 0.15) is 5.75 Å². The zero-order valence-corrected chi connectivity index (χ0v) is 12.3. The molecule has 0 aliphatic heterocycles. The Labute approximate surface area is 129 Å². The predicted octanol–water partition coefficient (Wildman–Crippen LogP) is 2.09. The van der Waals surface area contributed by atoms with E-state index < -0.39 is 5.91 Å². The highest BCUT2D eigenvalue weighted by molar-refractivity contribution is 5.95. The molecule has 5 heteroatoms. The number of para-hydroxylation sites is 1. The molecule has 0 aromatic heterocycles. The number of amides is 2. The molecule has 114 valence electrons. The number of nitrogens with one attached hydrogen (secondary N) is 2. The van der Waals surface area contributed by atoms with Crippen molar-refractivity contribution in [2.24, 2.45) is 0 Å². The molecule has 2 aromatic carbocycles. The Morgan fingerprint density at radius 1 is 0.955 bits per heavy atom. The SMILES string of the molecule is CCc1ccc(C(=O)NNC(=O)COc2ccccc2)cc1. The summed E-state index contributed by atoms with van der Waals surface area (Å²) in [5.41, 5.74) is 6.31. The highest BCUT2D eigenvalue weighted by atomic mass is 16.5. The van der Waals surface area contributed by atoms with Gasteiger partial charge in [-0.3, -0.25) is 20.4 Å². The molecule has 0 fully saturated rings. The maximum atomic E-state index is 11.9. The normalized spacial score (nSPS) is 9.86. The first kappa shape index (κ1) is 15.6. The van der Waals surface area contributed by atoms with Crippen molar-refractivity contribution < 1.29 is 14.3 Å². The van der Waals surface area contributed by atoms with Gasteiger partial charge >= 0.3 is 0 Å². The Bertz CT molecular complexity index is 624. The summed E-state index contributed by atoms with van der Waals surface area (Å²) < 4.78 is 5.27. The monoisotopic (exact) mass is 298 g/mol. The number of hydrogen-bond donors (Lipinski definition) is 2. The summed E-state index contributed by atoms with van der Waals surface area (Å²) in [5.74, 6) is -0.197. The van der Waals surface area contributed by atoms with Crippen molar-refractivity contribution >= 4 is 11.8 Å². The first-order valence-electron chi connectivity index (χ1n) is 7.05. The van der Waals surface area contributed by atoms with Crippen LogP contribution in [0.15, 0.2) is 54.6 Å². The minimum Gasteiger partial charge on any atom is -0.484 e. The van der Waals surface area contributed by atoms with Crippen LogP contribution in [0.3, 0.4) is 0 Å². The molecule has 0 bridgehead atoms. The van der Waals surface area contributed by atoms with Gasteiger partial charge in [-0.1, -0.05) is 37.3 Å². The predicted molar refractivity (Wildman–Crippen MR) is 83.4 cm³/mol. The number of hydrazine groups is 1. The van der Waals surface area contributed by atoms with Gasteiger partial charge in [-0.15, -0.1) is 0 Å². The number of rotatable bonds is 5. The van der Waals surface area contributed by atoms with Crippen LogP contribution in [0.4, 0.5) is 0 Å². The van der Waals surface area contributed by atoms with Crippen LogP contribution in [-0.4, -0.2) is 18.4 Å². The van der Waals surface area contributed by atoms with Crippen LogP contribution in [0.5, 0.6) is 5.75 Å². The molecule has 0 unspecified atom stereocenters. The summed E-state index contributed by atoms with van der Waals surface area (Å²) in [7, 11) is 0. The molecule has 0 atom stereocenters. The Morgan fingerprint density at radius 2 is 1.64 bits per heavy atom. The summed E-state index contributed by atoms with van der Waals surface area (Å²) >= 11 is 0. The van der Waals surface area contributed by atoms with E-state index in [-0.39, 0.29) is 12.5 Å². The Hall–Kier alpha value is -2.82. The Kier molecular flexibility index (Phi) is 5.54. The lowest BCUT2D eigenvalue weighted by molar-refractivity contribution is -0.123. The van der Waals surface area contributed by atoms with Crippen LogP contribution >= 0.6 is 0 Å². The molecule has 2 rings (SSSR count). The van der Waals surface area contributed by atoms with Crippen LogP contribution in [0.25, 0.3) is 0 Å². The molecule has 0 aliphatic rings. The highest BCUT2D eigenvalue weighted by Gasteiger charge is 2.07. The maximum Gasteiger partial charge on any atom is 0.276 e. The number of hydrogen-bond acceptors (Lipinski definition) is 3. The molecule has 2 N–H and O–H groups in total. The molecule has 0 spiro atoms. The van der Waals surface area contributed by atoms with E-state index in [0.29, 0.717) is 11.3 Å². The van der Waals surface area contributed by atoms with Gasteiger partial charge in [-0.25, -0.2) is 0 Å². The van der Waals surface area contributed by atoms with Crippen molar-refractivity contribution in [1.82, 2.24) is 10.9 Å². The van der Waals surface area contributed by atoms with E-state index in [0.717, 1.165) is 12.0 Å². The molecule has 2 amide bonds. The number of carbonyl (C=O) groups is 2. The summed E-state index contributed by atoms with van der Waals surface area (Å²) in [4.78, 5) is 23.5. The first-order chi connectivity index (χ1) is 10.7. The average molecular weight is 298 g/mol. The van der Waals surface area contributed by atoms with E-state index in [4.69, 9.17) is 4.74 Å². The molecule has 0 saturated heterocycles. The second kappa shape index (κ2) is 7.83. The van der Waals surface area contributed by atoms with Gasteiger partial charge in [0.15, 0.2) is 6.61 Å². The Morgan fingerprint density at radius 3 is 2.27 bits per heavy atom. The second-order valence-corrected chi connectivity index (χ2v) is 4.65. The van der Waals surface area contributed by atoms with E-state index >= 15 is 0 Å². The van der Waals surface area contributed by atoms with Crippen LogP contribution in [0.2, 0.25) is 0 Å². The second-order valence-electron chi connectivity index (χ2n) is 4.65. The third-order valence-electron chi connectivity index (χ3n) is 3.05. The fourth-order valence-electron chi connectivity index (χ4n) is 1.79. The fourth-order valence-corrected chi connectivity index (χ4v) is 1.79. The first-order valence-corrected chi connectivity index (χ1v) is 7.05. The summed E-state index contributed by atoms with van der Waals surface area (Å²) in [5, 5.41) is 0. The summed E-state index contributed by atoms with van der Waals surface area (Å²) in [6.45, 7) is 1.88. The van der Waals surface area contributed by atoms with Crippen molar-refractivity contribution in [1.29, 1.82) is 0 Å². The van der Waals surface area contributed by atoms with Gasteiger partial charge in [-0.2, -0.15) is 0 Å². The van der Waals surface area contributed by atoms with Crippen molar-refractivity contribution in [2.75, 3.05) is 6.61 Å². The van der Waals surface area contributed by atoms with Crippen molar-refractivity contribution in [3.05, 3.63) is 65.7 Å². The van der Waals surface area contributed by atoms with E-state index in [1.54, 1.807) is 24.3 Å². The van der Waals surface area contributed by atoms with Gasteiger partial charge in [0.05, 0.1) is 0 Å². The Balaban J connectivity index is 1.76. The zero-order chi connectivity index (χ0) is 15.8. The molecule has 0 aliphatic carbocycles. The quantitative estimate of drug-likeness (QED) is 0.831. The van der Waals surface area contributed by atoms with Crippen LogP contribution < -0.4 is 15.6 Å². The minimum atomic E-state index is -0.428. The lowest BCUT2D eigenvalue weighted by Gasteiger charge is -2.09. The van der Waals surface area contributed by atoms with Crippen LogP contribution in [-0.2, 0) is 11.2 Å². The number of benzene rings is 2. The van der Waals surface area contributed by atoms with Crippen LogP contribution in [0, 0.1) is 0 Å². The summed E-state index contributed by atoms with van der Waals surface area (Å²) in [6.07, 6.45) is 0.912. The van der Waals surface area contributed by atoms with Crippen molar-refractivity contribution in [3.8, 4) is 5.75 Å². The van der Waals surface area contributed by atoms with E-state index in [1.807, 2.05) is 37.3 Å². The lowest BCUT2D eigenvalue weighted by atomic mass is 10.1. The number of aryl methyl sites for hydroxylation is 1. The molecule has 22 heavy (non-hydrogen) atoms. The van der Waals surface area contributed by atoms with Gasteiger partial charge in [0.25, 0.3) is 11.8 Å². The van der Waals surface area contributed by atoms with Gasteiger partial charge in [-0.05, 0) is 36.2 Å². The largest absolute Gasteiger partial charge is 0.484 e. The molecule has 0 saturated carbocycles. The smallest absolute Gasteiger partial charge is 0.276 e. The molecule has 5 nitrogen and oxygen atoms in total. The molecular formula is C17H18N2O3.